The van der Waals surface area contributed by atoms with Crippen molar-refractivity contribution < 1.29 is 19.1 Å². The van der Waals surface area contributed by atoms with Crippen LogP contribution >= 0.6 is 0 Å². The number of ether oxygens (including phenoxy) is 2. The van der Waals surface area contributed by atoms with E-state index in [4.69, 9.17) is 14.0 Å². The maximum atomic E-state index is 9.52. The number of fused-ring (bicyclic) bond motifs is 1. The van der Waals surface area contributed by atoms with Gasteiger partial charge in [0.1, 0.15) is 0 Å². The van der Waals surface area contributed by atoms with Crippen LogP contribution in [-0.4, -0.2) is 46.1 Å². The Bertz CT molecular complexity index is 665. The highest BCUT2D eigenvalue weighted by Gasteiger charge is 2.20. The zero-order valence-corrected chi connectivity index (χ0v) is 12.1. The normalized spacial score (nSPS) is 18.8. The summed E-state index contributed by atoms with van der Waals surface area (Å²) in [5.74, 6) is 2.57. The molecule has 4 rings (SSSR count). The van der Waals surface area contributed by atoms with E-state index in [2.05, 4.69) is 15.0 Å². The van der Waals surface area contributed by atoms with Crippen molar-refractivity contribution in [2.75, 3.05) is 19.9 Å². The molecule has 0 unspecified atom stereocenters. The first kappa shape index (κ1) is 13.5. The fourth-order valence-electron chi connectivity index (χ4n) is 2.74. The predicted octanol–water partition coefficient (Wildman–Crippen LogP) is 1.42. The van der Waals surface area contributed by atoms with Crippen LogP contribution < -0.4 is 9.47 Å². The van der Waals surface area contributed by atoms with E-state index in [1.54, 1.807) is 0 Å². The molecule has 7 nitrogen and oxygen atoms in total. The molecular formula is C15H17N3O4. The lowest BCUT2D eigenvalue weighted by Gasteiger charge is -2.27. The summed E-state index contributed by atoms with van der Waals surface area (Å²) in [4.78, 5) is 6.65. The Hall–Kier alpha value is -2.12. The van der Waals surface area contributed by atoms with Crippen molar-refractivity contribution in [2.45, 2.75) is 25.5 Å². The van der Waals surface area contributed by atoms with E-state index in [-0.39, 0.29) is 12.9 Å². The van der Waals surface area contributed by atoms with Crippen LogP contribution in [0.2, 0.25) is 0 Å². The molecule has 0 spiro atoms. The lowest BCUT2D eigenvalue weighted by Crippen LogP contribution is -2.35. The third kappa shape index (κ3) is 2.65. The Balaban J connectivity index is 1.47. The fourth-order valence-corrected chi connectivity index (χ4v) is 2.74. The van der Waals surface area contributed by atoms with E-state index in [1.807, 2.05) is 18.2 Å². The molecule has 0 bridgehead atoms. The van der Waals surface area contributed by atoms with Gasteiger partial charge in [0, 0.05) is 18.7 Å². The average Bonchev–Trinajstić information content (AvgIpc) is 3.17. The Morgan fingerprint density at radius 1 is 1.18 bits per heavy atom. The number of aliphatic hydroxyl groups excluding tert-OH is 1. The average molecular weight is 303 g/mol. The summed E-state index contributed by atoms with van der Waals surface area (Å²) >= 11 is 0. The number of nitrogens with zero attached hydrogens (tertiary/aromatic N) is 3. The highest BCUT2D eigenvalue weighted by atomic mass is 16.7. The summed E-state index contributed by atoms with van der Waals surface area (Å²) in [5.41, 5.74) is 0.841. The highest BCUT2D eigenvalue weighted by molar-refractivity contribution is 5.61. The molecule has 3 heterocycles. The van der Waals surface area contributed by atoms with Crippen molar-refractivity contribution in [1.82, 2.24) is 15.0 Å². The van der Waals surface area contributed by atoms with Crippen LogP contribution in [0.1, 0.15) is 18.7 Å². The smallest absolute Gasteiger partial charge is 0.241 e. The summed E-state index contributed by atoms with van der Waals surface area (Å²) in [6.45, 7) is 2.56. The van der Waals surface area contributed by atoms with E-state index in [0.717, 1.165) is 37.2 Å². The molecule has 0 saturated carbocycles. The number of likely N-dealkylation sites (tertiary alicyclic amines) is 1. The van der Waals surface area contributed by atoms with Gasteiger partial charge in [-0.15, -0.1) is 0 Å². The molecule has 1 N–H and O–H groups in total. The highest BCUT2D eigenvalue weighted by Crippen LogP contribution is 2.35. The quantitative estimate of drug-likeness (QED) is 0.918. The first-order valence-electron chi connectivity index (χ1n) is 7.41. The molecule has 1 aromatic carbocycles. The standard InChI is InChI=1S/C15H17N3O4/c19-11-3-5-18(6-4-11)8-14-16-15(17-22-14)10-1-2-12-13(7-10)21-9-20-12/h1-2,7,11,19H,3-6,8-9H2. The van der Waals surface area contributed by atoms with Crippen LogP contribution in [0.15, 0.2) is 22.7 Å². The molecule has 1 saturated heterocycles. The lowest BCUT2D eigenvalue weighted by atomic mass is 10.1. The molecule has 22 heavy (non-hydrogen) atoms. The molecule has 0 amide bonds. The van der Waals surface area contributed by atoms with Gasteiger partial charge < -0.3 is 19.1 Å². The monoisotopic (exact) mass is 303 g/mol. The van der Waals surface area contributed by atoms with Gasteiger partial charge in [0.2, 0.25) is 18.5 Å². The van der Waals surface area contributed by atoms with Crippen molar-refractivity contribution in [3.8, 4) is 22.9 Å². The minimum absolute atomic E-state index is 0.178. The van der Waals surface area contributed by atoms with E-state index in [1.165, 1.54) is 0 Å². The zero-order valence-electron chi connectivity index (χ0n) is 12.1. The van der Waals surface area contributed by atoms with Gasteiger partial charge >= 0.3 is 0 Å². The zero-order chi connectivity index (χ0) is 14.9. The fraction of sp³-hybridized carbons (Fsp3) is 0.467. The van der Waals surface area contributed by atoms with Crippen molar-refractivity contribution in [3.05, 3.63) is 24.1 Å². The van der Waals surface area contributed by atoms with Crippen LogP contribution in [0, 0.1) is 0 Å². The molecule has 2 aliphatic heterocycles. The maximum absolute atomic E-state index is 9.52. The molecule has 7 heteroatoms. The molecule has 0 aliphatic carbocycles. The molecule has 0 atom stereocenters. The largest absolute Gasteiger partial charge is 0.454 e. The molecule has 1 aromatic heterocycles. The molecular weight excluding hydrogens is 286 g/mol. The maximum Gasteiger partial charge on any atom is 0.241 e. The number of aliphatic hydroxyl groups is 1. The number of benzene rings is 1. The van der Waals surface area contributed by atoms with Crippen LogP contribution in [0.3, 0.4) is 0 Å². The number of hydrogen-bond acceptors (Lipinski definition) is 7. The third-order valence-electron chi connectivity index (χ3n) is 4.01. The van der Waals surface area contributed by atoms with Gasteiger partial charge in [0.15, 0.2) is 11.5 Å². The van der Waals surface area contributed by atoms with Gasteiger partial charge in [-0.05, 0) is 31.0 Å². The van der Waals surface area contributed by atoms with Crippen LogP contribution in [0.4, 0.5) is 0 Å². The number of hydrogen-bond donors (Lipinski definition) is 1. The number of aromatic nitrogens is 2. The van der Waals surface area contributed by atoms with E-state index < -0.39 is 0 Å². The second-order valence-electron chi connectivity index (χ2n) is 5.59. The summed E-state index contributed by atoms with van der Waals surface area (Å²) in [6, 6.07) is 5.59. The van der Waals surface area contributed by atoms with Crippen molar-refractivity contribution in [3.63, 3.8) is 0 Å². The van der Waals surface area contributed by atoms with Gasteiger partial charge in [-0.3, -0.25) is 4.90 Å². The van der Waals surface area contributed by atoms with Gasteiger partial charge in [-0.1, -0.05) is 5.16 Å². The van der Waals surface area contributed by atoms with Gasteiger partial charge in [-0.2, -0.15) is 4.98 Å². The Labute approximate surface area is 127 Å². The van der Waals surface area contributed by atoms with Crippen molar-refractivity contribution in [2.24, 2.45) is 0 Å². The van der Waals surface area contributed by atoms with E-state index >= 15 is 0 Å². The van der Waals surface area contributed by atoms with Gasteiger partial charge in [0.05, 0.1) is 12.6 Å². The van der Waals surface area contributed by atoms with E-state index in [0.29, 0.717) is 24.0 Å². The first-order valence-corrected chi connectivity index (χ1v) is 7.41. The van der Waals surface area contributed by atoms with Gasteiger partial charge in [0.25, 0.3) is 0 Å². The summed E-state index contributed by atoms with van der Waals surface area (Å²) in [7, 11) is 0. The molecule has 116 valence electrons. The van der Waals surface area contributed by atoms with Gasteiger partial charge in [-0.25, -0.2) is 0 Å². The summed E-state index contributed by atoms with van der Waals surface area (Å²) in [6.07, 6.45) is 1.41. The molecule has 0 radical (unpaired) electrons. The molecule has 1 fully saturated rings. The first-order chi connectivity index (χ1) is 10.8. The Morgan fingerprint density at radius 3 is 2.86 bits per heavy atom. The van der Waals surface area contributed by atoms with Crippen LogP contribution in [0.5, 0.6) is 11.5 Å². The van der Waals surface area contributed by atoms with Crippen LogP contribution in [-0.2, 0) is 6.54 Å². The molecule has 2 aromatic rings. The SMILES string of the molecule is OC1CCN(Cc2nc(-c3ccc4c(c3)OCO4)no2)CC1. The van der Waals surface area contributed by atoms with Crippen LogP contribution in [0.25, 0.3) is 11.4 Å². The Morgan fingerprint density at radius 2 is 2.00 bits per heavy atom. The summed E-state index contributed by atoms with van der Waals surface area (Å²) < 4.78 is 16.0. The Kier molecular flexibility index (Phi) is 3.44. The summed E-state index contributed by atoms with van der Waals surface area (Å²) in [5, 5.41) is 13.6. The topological polar surface area (TPSA) is 80.9 Å². The lowest BCUT2D eigenvalue weighted by molar-refractivity contribution is 0.0740. The van der Waals surface area contributed by atoms with Crippen molar-refractivity contribution in [1.29, 1.82) is 0 Å². The number of rotatable bonds is 3. The second-order valence-corrected chi connectivity index (χ2v) is 5.59. The minimum Gasteiger partial charge on any atom is -0.454 e. The molecule has 2 aliphatic rings. The predicted molar refractivity (Wildman–Crippen MR) is 76.4 cm³/mol. The van der Waals surface area contributed by atoms with E-state index in [9.17, 15) is 5.11 Å². The second kappa shape index (κ2) is 5.58. The van der Waals surface area contributed by atoms with Crippen molar-refractivity contribution >= 4 is 0 Å². The minimum atomic E-state index is -0.178. The third-order valence-corrected chi connectivity index (χ3v) is 4.01. The number of piperidine rings is 1.